The summed E-state index contributed by atoms with van der Waals surface area (Å²) < 4.78 is 4.22. The summed E-state index contributed by atoms with van der Waals surface area (Å²) in [7, 11) is 2.67. The van der Waals surface area contributed by atoms with Gasteiger partial charge in [-0.25, -0.2) is 9.80 Å². The Labute approximate surface area is 58.1 Å². The Hall–Kier alpha value is -1.33. The van der Waals surface area contributed by atoms with Gasteiger partial charge in [-0.3, -0.25) is 0 Å². The highest BCUT2D eigenvalue weighted by Crippen LogP contribution is 1.77. The molecule has 0 fully saturated rings. The molecule has 1 amide bonds. The average molecular weight is 147 g/mol. The molecule has 0 aliphatic carbocycles. The largest absolute Gasteiger partial charge is 0.453 e. The number of alkyl carbamates (subject to hydrolysis) is 1. The molecule has 0 atom stereocenters. The molecule has 0 aliphatic heterocycles. The standard InChI is InChI=1S/C4H9N3O3/c1-7(6-9)3-5-4(8)10-2/h3H2,1-2H3,(H,5,8). The van der Waals surface area contributed by atoms with Crippen molar-refractivity contribution in [3.63, 3.8) is 0 Å². The summed E-state index contributed by atoms with van der Waals surface area (Å²) in [5, 5.41) is 5.79. The van der Waals surface area contributed by atoms with E-state index in [0.29, 0.717) is 0 Å². The molecule has 0 aromatic carbocycles. The van der Waals surface area contributed by atoms with Gasteiger partial charge < -0.3 is 10.1 Å². The molecule has 58 valence electrons. The number of methoxy groups -OCH3 is 1. The predicted molar refractivity (Wildman–Crippen MR) is 34.0 cm³/mol. The number of rotatable bonds is 3. The summed E-state index contributed by atoms with van der Waals surface area (Å²) in [5.74, 6) is 0. The topological polar surface area (TPSA) is 71.0 Å². The molecule has 0 radical (unpaired) electrons. The molecule has 0 aromatic heterocycles. The third kappa shape index (κ3) is 3.65. The lowest BCUT2D eigenvalue weighted by molar-refractivity contribution is 0.163. The molecular formula is C4H9N3O3. The maximum atomic E-state index is 10.3. The number of nitroso groups, excluding NO2 is 1. The van der Waals surface area contributed by atoms with Gasteiger partial charge in [0.1, 0.15) is 6.67 Å². The van der Waals surface area contributed by atoms with Gasteiger partial charge in [-0.05, 0) is 0 Å². The molecule has 0 spiro atoms. The first-order valence-corrected chi connectivity index (χ1v) is 2.57. The van der Waals surface area contributed by atoms with Crippen LogP contribution in [0.4, 0.5) is 4.79 Å². The van der Waals surface area contributed by atoms with Crippen molar-refractivity contribution in [2.24, 2.45) is 5.29 Å². The quantitative estimate of drug-likeness (QED) is 0.344. The number of amides is 1. The number of carbonyl (C=O) groups is 1. The maximum Gasteiger partial charge on any atom is 0.408 e. The molecule has 10 heavy (non-hydrogen) atoms. The van der Waals surface area contributed by atoms with Gasteiger partial charge in [0.25, 0.3) is 0 Å². The first-order chi connectivity index (χ1) is 4.70. The number of ether oxygens (including phenoxy) is 1. The molecule has 0 aromatic rings. The van der Waals surface area contributed by atoms with Crippen molar-refractivity contribution in [1.82, 2.24) is 10.3 Å². The Morgan fingerprint density at radius 2 is 2.40 bits per heavy atom. The van der Waals surface area contributed by atoms with Crippen LogP contribution in [0.1, 0.15) is 0 Å². The van der Waals surface area contributed by atoms with E-state index in [9.17, 15) is 9.70 Å². The number of hydrogen-bond acceptors (Lipinski definition) is 4. The van der Waals surface area contributed by atoms with Crippen molar-refractivity contribution in [2.45, 2.75) is 0 Å². The van der Waals surface area contributed by atoms with Gasteiger partial charge in [0.2, 0.25) is 0 Å². The normalized spacial score (nSPS) is 8.20. The zero-order valence-corrected chi connectivity index (χ0v) is 5.83. The van der Waals surface area contributed by atoms with E-state index in [1.54, 1.807) is 0 Å². The summed E-state index contributed by atoms with van der Waals surface area (Å²) in [6.07, 6.45) is -0.587. The van der Waals surface area contributed by atoms with Crippen molar-refractivity contribution in [2.75, 3.05) is 20.8 Å². The van der Waals surface area contributed by atoms with E-state index < -0.39 is 6.09 Å². The van der Waals surface area contributed by atoms with Crippen LogP contribution in [0.5, 0.6) is 0 Å². The summed E-state index contributed by atoms with van der Waals surface area (Å²) in [6.45, 7) is 0.0518. The Kier molecular flexibility index (Phi) is 3.94. The molecule has 6 heteroatoms. The predicted octanol–water partition coefficient (Wildman–Crippen LogP) is -0.0869. The molecule has 0 aliphatic rings. The first kappa shape index (κ1) is 8.67. The Bertz CT molecular complexity index is 127. The number of nitrogens with one attached hydrogen (secondary N) is 1. The van der Waals surface area contributed by atoms with Crippen LogP contribution >= 0.6 is 0 Å². The molecule has 0 saturated heterocycles. The van der Waals surface area contributed by atoms with Gasteiger partial charge in [0.15, 0.2) is 0 Å². The van der Waals surface area contributed by atoms with Crippen molar-refractivity contribution in [3.8, 4) is 0 Å². The third-order valence-electron chi connectivity index (χ3n) is 0.777. The second-order valence-corrected chi connectivity index (χ2v) is 1.57. The minimum atomic E-state index is -0.587. The molecule has 0 bridgehead atoms. The van der Waals surface area contributed by atoms with Crippen molar-refractivity contribution >= 4 is 6.09 Å². The number of nitrogens with zero attached hydrogens (tertiary/aromatic N) is 2. The highest BCUT2D eigenvalue weighted by Gasteiger charge is 1.98. The zero-order valence-electron chi connectivity index (χ0n) is 5.83. The minimum Gasteiger partial charge on any atom is -0.453 e. The molecule has 0 saturated carbocycles. The Balaban J connectivity index is 3.34. The molecule has 0 unspecified atom stereocenters. The second kappa shape index (κ2) is 4.54. The third-order valence-corrected chi connectivity index (χ3v) is 0.777. The van der Waals surface area contributed by atoms with Crippen molar-refractivity contribution < 1.29 is 9.53 Å². The fourth-order valence-electron chi connectivity index (χ4n) is 0.280. The lowest BCUT2D eigenvalue weighted by atomic mass is 10.9. The minimum absolute atomic E-state index is 0.0518. The van der Waals surface area contributed by atoms with E-state index in [1.807, 2.05) is 0 Å². The van der Waals surface area contributed by atoms with Crippen LogP contribution in [-0.4, -0.2) is 31.9 Å². The van der Waals surface area contributed by atoms with E-state index >= 15 is 0 Å². The van der Waals surface area contributed by atoms with Crippen LogP contribution in [0.3, 0.4) is 0 Å². The SMILES string of the molecule is COC(=O)NCN(C)N=O. The van der Waals surface area contributed by atoms with Crippen molar-refractivity contribution in [3.05, 3.63) is 4.91 Å². The Morgan fingerprint density at radius 3 is 2.80 bits per heavy atom. The van der Waals surface area contributed by atoms with Crippen LogP contribution in [0.15, 0.2) is 5.29 Å². The first-order valence-electron chi connectivity index (χ1n) is 2.57. The molecular weight excluding hydrogens is 138 g/mol. The number of hydrogen-bond donors (Lipinski definition) is 1. The van der Waals surface area contributed by atoms with Gasteiger partial charge in [-0.1, -0.05) is 0 Å². The van der Waals surface area contributed by atoms with E-state index in [1.165, 1.54) is 14.2 Å². The Morgan fingerprint density at radius 1 is 1.80 bits per heavy atom. The van der Waals surface area contributed by atoms with Gasteiger partial charge in [0.05, 0.1) is 12.4 Å². The maximum absolute atomic E-state index is 10.3. The zero-order chi connectivity index (χ0) is 7.98. The highest BCUT2D eigenvalue weighted by atomic mass is 16.5. The fraction of sp³-hybridized carbons (Fsp3) is 0.750. The van der Waals surface area contributed by atoms with Gasteiger partial charge >= 0.3 is 6.09 Å². The van der Waals surface area contributed by atoms with Gasteiger partial charge in [0, 0.05) is 7.05 Å². The van der Waals surface area contributed by atoms with Gasteiger partial charge in [-0.15, -0.1) is 4.91 Å². The van der Waals surface area contributed by atoms with Crippen LogP contribution in [0.2, 0.25) is 0 Å². The molecule has 0 rings (SSSR count). The monoisotopic (exact) mass is 147 g/mol. The summed E-state index contributed by atoms with van der Waals surface area (Å²) in [6, 6.07) is 0. The lowest BCUT2D eigenvalue weighted by Crippen LogP contribution is -2.32. The summed E-state index contributed by atoms with van der Waals surface area (Å²) >= 11 is 0. The van der Waals surface area contributed by atoms with Crippen LogP contribution in [0, 0.1) is 4.91 Å². The van der Waals surface area contributed by atoms with Crippen LogP contribution < -0.4 is 5.32 Å². The van der Waals surface area contributed by atoms with E-state index in [2.05, 4.69) is 15.3 Å². The van der Waals surface area contributed by atoms with Crippen LogP contribution in [-0.2, 0) is 4.74 Å². The van der Waals surface area contributed by atoms with E-state index in [-0.39, 0.29) is 6.67 Å². The number of carbonyl (C=O) groups excluding carboxylic acids is 1. The van der Waals surface area contributed by atoms with E-state index in [0.717, 1.165) is 5.01 Å². The van der Waals surface area contributed by atoms with Gasteiger partial charge in [-0.2, -0.15) is 0 Å². The summed E-state index contributed by atoms with van der Waals surface area (Å²) in [5.41, 5.74) is 0. The molecule has 6 nitrogen and oxygen atoms in total. The summed E-state index contributed by atoms with van der Waals surface area (Å²) in [4.78, 5) is 20.0. The van der Waals surface area contributed by atoms with Crippen LogP contribution in [0.25, 0.3) is 0 Å². The smallest absolute Gasteiger partial charge is 0.408 e. The molecule has 1 N–H and O–H groups in total. The van der Waals surface area contributed by atoms with Crippen molar-refractivity contribution in [1.29, 1.82) is 0 Å². The molecule has 0 heterocycles. The fourth-order valence-corrected chi connectivity index (χ4v) is 0.280. The second-order valence-electron chi connectivity index (χ2n) is 1.57. The lowest BCUT2D eigenvalue weighted by Gasteiger charge is -2.07. The average Bonchev–Trinajstić information content (AvgIpc) is 1.99. The van der Waals surface area contributed by atoms with E-state index in [4.69, 9.17) is 0 Å². The highest BCUT2D eigenvalue weighted by molar-refractivity contribution is 5.66.